The van der Waals surface area contributed by atoms with Gasteiger partial charge in [-0.2, -0.15) is 0 Å². The van der Waals surface area contributed by atoms with Gasteiger partial charge in [-0.15, -0.1) is 0 Å². The van der Waals surface area contributed by atoms with Gasteiger partial charge in [-0.3, -0.25) is 0 Å². The number of nitrogens with zero attached hydrogens (tertiary/aromatic N) is 1. The number of alkyl halides is 2. The van der Waals surface area contributed by atoms with Gasteiger partial charge in [-0.1, -0.05) is 41.9 Å². The summed E-state index contributed by atoms with van der Waals surface area (Å²) in [4.78, 5) is 27.3. The number of carbonyl (C=O) groups is 2. The number of aliphatic hydroxyl groups excluding tert-OH is 1. The predicted molar refractivity (Wildman–Crippen MR) is 158 cm³/mol. The van der Waals surface area contributed by atoms with Crippen LogP contribution >= 0.6 is 11.6 Å². The highest BCUT2D eigenvalue weighted by Gasteiger charge is 2.44. The molecule has 0 aromatic heterocycles. The average Bonchev–Trinajstić information content (AvgIpc) is 2.95. The first-order chi connectivity index (χ1) is 20.4. The van der Waals surface area contributed by atoms with Gasteiger partial charge < -0.3 is 34.6 Å². The van der Waals surface area contributed by atoms with Crippen molar-refractivity contribution in [3.8, 4) is 11.5 Å². The van der Waals surface area contributed by atoms with Crippen LogP contribution in [0.3, 0.4) is 0 Å². The Morgan fingerprint density at radius 1 is 1.14 bits per heavy atom. The number of urea groups is 1. The standard InChI is InChI=1S/C31H41ClF2N2O7/c1-5-42-24-18-23(26(32)27(43-6-2)25(24)21(4)37)20(3)36(15-12-31(33,34)19-22-10-8-7-9-11-22)29(40)35-30(28(38)39)13-16-41-17-14-30/h7-11,18,20-21,37H,5-6,12-17,19H2,1-4H3,(H,35,40)(H,38,39)/t20-,21?/m1/s1. The first-order valence-corrected chi connectivity index (χ1v) is 14.8. The van der Waals surface area contributed by atoms with Gasteiger partial charge in [0, 0.05) is 51.0 Å². The molecule has 1 heterocycles. The molecule has 1 aliphatic heterocycles. The van der Waals surface area contributed by atoms with Crippen molar-refractivity contribution in [3.63, 3.8) is 0 Å². The predicted octanol–water partition coefficient (Wildman–Crippen LogP) is 6.17. The lowest BCUT2D eigenvalue weighted by molar-refractivity contribution is -0.148. The fourth-order valence-corrected chi connectivity index (χ4v) is 5.57. The third-order valence-electron chi connectivity index (χ3n) is 7.56. The number of nitrogens with one attached hydrogen (secondary N) is 1. The lowest BCUT2D eigenvalue weighted by Gasteiger charge is -2.38. The Morgan fingerprint density at radius 2 is 1.77 bits per heavy atom. The number of rotatable bonds is 14. The molecule has 1 fully saturated rings. The quantitative estimate of drug-likeness (QED) is 0.230. The van der Waals surface area contributed by atoms with E-state index in [-0.39, 0.29) is 55.8 Å². The molecule has 9 nitrogen and oxygen atoms in total. The summed E-state index contributed by atoms with van der Waals surface area (Å²) in [6, 6.07) is 8.11. The molecule has 3 N–H and O–H groups in total. The first kappa shape index (κ1) is 34.3. The second kappa shape index (κ2) is 15.0. The number of aliphatic hydroxyl groups is 1. The third-order valence-corrected chi connectivity index (χ3v) is 7.95. The molecule has 0 bridgehead atoms. The molecule has 2 aromatic rings. The molecule has 1 aliphatic rings. The maximum Gasteiger partial charge on any atom is 0.329 e. The van der Waals surface area contributed by atoms with Crippen LogP contribution in [0, 0.1) is 0 Å². The smallest absolute Gasteiger partial charge is 0.329 e. The normalized spacial score (nSPS) is 16.2. The number of aliphatic carboxylic acids is 1. The molecular weight excluding hydrogens is 586 g/mol. The Kier molecular flexibility index (Phi) is 12.0. The molecule has 1 unspecified atom stereocenters. The average molecular weight is 627 g/mol. The molecule has 0 spiro atoms. The highest BCUT2D eigenvalue weighted by atomic mass is 35.5. The van der Waals surface area contributed by atoms with Crippen molar-refractivity contribution >= 4 is 23.6 Å². The molecule has 2 amide bonds. The van der Waals surface area contributed by atoms with E-state index in [9.17, 15) is 19.8 Å². The highest BCUT2D eigenvalue weighted by molar-refractivity contribution is 6.33. The van der Waals surface area contributed by atoms with Gasteiger partial charge >= 0.3 is 12.0 Å². The number of halogens is 3. The first-order valence-electron chi connectivity index (χ1n) is 14.5. The van der Waals surface area contributed by atoms with Crippen molar-refractivity contribution < 1.29 is 42.8 Å². The van der Waals surface area contributed by atoms with Gasteiger partial charge in [-0.25, -0.2) is 18.4 Å². The van der Waals surface area contributed by atoms with E-state index in [1.54, 1.807) is 57.2 Å². The van der Waals surface area contributed by atoms with Crippen LogP contribution in [0.5, 0.6) is 11.5 Å². The minimum absolute atomic E-state index is 0.0211. The summed E-state index contributed by atoms with van der Waals surface area (Å²) in [6.45, 7) is 6.95. The number of carboxylic acids is 1. The largest absolute Gasteiger partial charge is 0.493 e. The van der Waals surface area contributed by atoms with Crippen LogP contribution in [0.15, 0.2) is 36.4 Å². The number of benzene rings is 2. The van der Waals surface area contributed by atoms with E-state index in [2.05, 4.69) is 5.32 Å². The topological polar surface area (TPSA) is 118 Å². The van der Waals surface area contributed by atoms with Crippen LogP contribution in [0.2, 0.25) is 5.02 Å². The molecule has 238 valence electrons. The highest BCUT2D eigenvalue weighted by Crippen LogP contribution is 2.45. The van der Waals surface area contributed by atoms with E-state index < -0.39 is 55.0 Å². The van der Waals surface area contributed by atoms with Crippen molar-refractivity contribution in [1.29, 1.82) is 0 Å². The Labute approximate surface area is 256 Å². The van der Waals surface area contributed by atoms with Gasteiger partial charge in [0.05, 0.1) is 35.9 Å². The van der Waals surface area contributed by atoms with Crippen LogP contribution in [-0.4, -0.2) is 71.5 Å². The molecule has 12 heteroatoms. The molecule has 0 radical (unpaired) electrons. The van der Waals surface area contributed by atoms with Crippen molar-refractivity contribution in [2.24, 2.45) is 0 Å². The van der Waals surface area contributed by atoms with Crippen LogP contribution in [0.25, 0.3) is 0 Å². The van der Waals surface area contributed by atoms with Crippen molar-refractivity contribution in [2.75, 3.05) is 33.0 Å². The fraction of sp³-hybridized carbons (Fsp3) is 0.548. The summed E-state index contributed by atoms with van der Waals surface area (Å²) in [5.41, 5.74) is -0.520. The minimum atomic E-state index is -3.17. The van der Waals surface area contributed by atoms with Crippen molar-refractivity contribution in [3.05, 3.63) is 58.1 Å². The third kappa shape index (κ3) is 8.49. The summed E-state index contributed by atoms with van der Waals surface area (Å²) < 4.78 is 47.4. The van der Waals surface area contributed by atoms with E-state index in [4.69, 9.17) is 25.8 Å². The summed E-state index contributed by atoms with van der Waals surface area (Å²) in [6.07, 6.45) is -2.19. The number of hydrogen-bond donors (Lipinski definition) is 3. The number of carbonyl (C=O) groups excluding carboxylic acids is 1. The fourth-order valence-electron chi connectivity index (χ4n) is 5.20. The molecule has 43 heavy (non-hydrogen) atoms. The lowest BCUT2D eigenvalue weighted by Crippen LogP contribution is -2.60. The zero-order chi connectivity index (χ0) is 31.8. The van der Waals surface area contributed by atoms with Gasteiger partial charge in [0.1, 0.15) is 17.0 Å². The summed E-state index contributed by atoms with van der Waals surface area (Å²) in [5.74, 6) is -3.97. The van der Waals surface area contributed by atoms with E-state index >= 15 is 8.78 Å². The monoisotopic (exact) mass is 626 g/mol. The Bertz CT molecular complexity index is 1240. The van der Waals surface area contributed by atoms with Gasteiger partial charge in [0.15, 0.2) is 0 Å². The number of ether oxygens (including phenoxy) is 3. The maximum atomic E-state index is 15.2. The molecule has 1 saturated heterocycles. The lowest BCUT2D eigenvalue weighted by atomic mass is 9.90. The second-order valence-electron chi connectivity index (χ2n) is 10.6. The number of carboxylic acid groups (broad SMARTS) is 1. The van der Waals surface area contributed by atoms with Crippen LogP contribution in [0.1, 0.15) is 75.8 Å². The Morgan fingerprint density at radius 3 is 2.33 bits per heavy atom. The van der Waals surface area contributed by atoms with E-state index in [1.165, 1.54) is 6.92 Å². The molecular formula is C31H41ClF2N2O7. The number of amides is 2. The van der Waals surface area contributed by atoms with Crippen LogP contribution < -0.4 is 14.8 Å². The SMILES string of the molecule is CCOc1cc([C@@H](C)N(CCC(F)(F)Cc2ccccc2)C(=O)NC2(C(=O)O)CCOCC2)c(Cl)c(OCC)c1C(C)O. The maximum absolute atomic E-state index is 15.2. The van der Waals surface area contributed by atoms with Crippen LogP contribution in [-0.2, 0) is 16.0 Å². The second-order valence-corrected chi connectivity index (χ2v) is 11.0. The van der Waals surface area contributed by atoms with Gasteiger partial charge in [0.2, 0.25) is 0 Å². The summed E-state index contributed by atoms with van der Waals surface area (Å²) in [5, 5.41) is 23.2. The Balaban J connectivity index is 2.04. The van der Waals surface area contributed by atoms with Gasteiger partial charge in [-0.05, 0) is 39.3 Å². The molecule has 0 saturated carbocycles. The molecule has 0 aliphatic carbocycles. The zero-order valence-corrected chi connectivity index (χ0v) is 25.8. The zero-order valence-electron chi connectivity index (χ0n) is 25.0. The van der Waals surface area contributed by atoms with Gasteiger partial charge in [0.25, 0.3) is 5.92 Å². The van der Waals surface area contributed by atoms with E-state index in [1.807, 2.05) is 0 Å². The molecule has 2 aromatic carbocycles. The van der Waals surface area contributed by atoms with E-state index in [0.717, 1.165) is 4.90 Å². The van der Waals surface area contributed by atoms with Crippen molar-refractivity contribution in [1.82, 2.24) is 10.2 Å². The molecule has 2 atom stereocenters. The summed E-state index contributed by atoms with van der Waals surface area (Å²) in [7, 11) is 0. The number of hydrogen-bond acceptors (Lipinski definition) is 6. The summed E-state index contributed by atoms with van der Waals surface area (Å²) >= 11 is 6.81. The van der Waals surface area contributed by atoms with Crippen LogP contribution in [0.4, 0.5) is 13.6 Å². The van der Waals surface area contributed by atoms with Crippen molar-refractivity contribution in [2.45, 2.75) is 77.0 Å². The van der Waals surface area contributed by atoms with E-state index in [0.29, 0.717) is 16.7 Å². The minimum Gasteiger partial charge on any atom is -0.493 e. The Hall–Kier alpha value is -3.15. The molecule has 3 rings (SSSR count).